The fourth-order valence-electron chi connectivity index (χ4n) is 3.16. The van der Waals surface area contributed by atoms with Gasteiger partial charge in [0, 0.05) is 17.1 Å². The molecule has 7 nitrogen and oxygen atoms in total. The van der Waals surface area contributed by atoms with Crippen LogP contribution in [0.25, 0.3) is 16.6 Å². The van der Waals surface area contributed by atoms with Gasteiger partial charge in [-0.25, -0.2) is 14.6 Å². The summed E-state index contributed by atoms with van der Waals surface area (Å²) >= 11 is 0. The summed E-state index contributed by atoms with van der Waals surface area (Å²) < 4.78 is 7.64. The Morgan fingerprint density at radius 1 is 1.07 bits per heavy atom. The first-order valence-corrected chi connectivity index (χ1v) is 9.32. The van der Waals surface area contributed by atoms with E-state index < -0.39 is 6.10 Å². The molecule has 0 radical (unpaired) electrons. The van der Waals surface area contributed by atoms with Gasteiger partial charge >= 0.3 is 0 Å². The highest BCUT2D eigenvalue weighted by Crippen LogP contribution is 2.26. The fourth-order valence-corrected chi connectivity index (χ4v) is 3.16. The first-order valence-electron chi connectivity index (χ1n) is 9.32. The van der Waals surface area contributed by atoms with Gasteiger partial charge in [0.25, 0.3) is 5.91 Å². The van der Waals surface area contributed by atoms with E-state index >= 15 is 0 Å². The Hall–Kier alpha value is -3.74. The SMILES string of the molecule is Cc1cc(C)n(-c2cc(NC(=O)C(C)Oc3cccc4ccccc34)ncn2)n1. The number of hydrogen-bond acceptors (Lipinski definition) is 5. The molecule has 0 bridgehead atoms. The van der Waals surface area contributed by atoms with Gasteiger partial charge in [-0.05, 0) is 38.3 Å². The van der Waals surface area contributed by atoms with Gasteiger partial charge in [0.15, 0.2) is 11.9 Å². The van der Waals surface area contributed by atoms with Gasteiger partial charge in [-0.2, -0.15) is 5.10 Å². The van der Waals surface area contributed by atoms with Crippen molar-refractivity contribution in [1.82, 2.24) is 19.7 Å². The lowest BCUT2D eigenvalue weighted by molar-refractivity contribution is -0.122. The van der Waals surface area contributed by atoms with E-state index in [1.165, 1.54) is 6.33 Å². The topological polar surface area (TPSA) is 81.9 Å². The van der Waals surface area contributed by atoms with Crippen LogP contribution in [0.3, 0.4) is 0 Å². The molecule has 2 heterocycles. The number of aromatic nitrogens is 4. The number of aryl methyl sites for hydroxylation is 2. The quantitative estimate of drug-likeness (QED) is 0.563. The highest BCUT2D eigenvalue weighted by molar-refractivity contribution is 5.94. The predicted molar refractivity (Wildman–Crippen MR) is 111 cm³/mol. The molecule has 1 atom stereocenters. The van der Waals surface area contributed by atoms with E-state index in [9.17, 15) is 4.79 Å². The van der Waals surface area contributed by atoms with Crippen molar-refractivity contribution in [2.45, 2.75) is 26.9 Å². The van der Waals surface area contributed by atoms with Gasteiger partial charge < -0.3 is 10.1 Å². The Kier molecular flexibility index (Phi) is 4.95. The van der Waals surface area contributed by atoms with Crippen LogP contribution in [0, 0.1) is 13.8 Å². The number of carbonyl (C=O) groups excluding carboxylic acids is 1. The van der Waals surface area contributed by atoms with Crippen LogP contribution in [-0.4, -0.2) is 31.8 Å². The Balaban J connectivity index is 1.50. The van der Waals surface area contributed by atoms with E-state index in [-0.39, 0.29) is 5.91 Å². The second kappa shape index (κ2) is 7.71. The van der Waals surface area contributed by atoms with Gasteiger partial charge in [0.1, 0.15) is 17.9 Å². The zero-order valence-electron chi connectivity index (χ0n) is 16.5. The van der Waals surface area contributed by atoms with Gasteiger partial charge in [-0.1, -0.05) is 36.4 Å². The summed E-state index contributed by atoms with van der Waals surface area (Å²) in [6.07, 6.45) is 0.699. The lowest BCUT2D eigenvalue weighted by Gasteiger charge is -2.16. The molecule has 0 aliphatic heterocycles. The lowest BCUT2D eigenvalue weighted by Crippen LogP contribution is -2.30. The average molecular weight is 387 g/mol. The molecule has 7 heteroatoms. The van der Waals surface area contributed by atoms with Crippen LogP contribution < -0.4 is 10.1 Å². The highest BCUT2D eigenvalue weighted by atomic mass is 16.5. The maximum atomic E-state index is 12.7. The van der Waals surface area contributed by atoms with Crippen molar-refractivity contribution in [2.24, 2.45) is 0 Å². The van der Waals surface area contributed by atoms with Crippen molar-refractivity contribution in [2.75, 3.05) is 5.32 Å². The van der Waals surface area contributed by atoms with Crippen LogP contribution in [0.15, 0.2) is 60.9 Å². The Morgan fingerprint density at radius 2 is 1.86 bits per heavy atom. The summed E-state index contributed by atoms with van der Waals surface area (Å²) in [5, 5.41) is 9.22. The van der Waals surface area contributed by atoms with Crippen LogP contribution in [0.2, 0.25) is 0 Å². The molecule has 0 saturated heterocycles. The smallest absolute Gasteiger partial charge is 0.266 e. The Bertz CT molecular complexity index is 1180. The van der Waals surface area contributed by atoms with Crippen LogP contribution in [0.5, 0.6) is 5.75 Å². The second-order valence-corrected chi connectivity index (χ2v) is 6.83. The number of nitrogens with zero attached hydrogens (tertiary/aromatic N) is 4. The van der Waals surface area contributed by atoms with Crippen LogP contribution in [0.1, 0.15) is 18.3 Å². The molecular weight excluding hydrogens is 366 g/mol. The second-order valence-electron chi connectivity index (χ2n) is 6.83. The molecule has 2 aromatic carbocycles. The fraction of sp³-hybridized carbons (Fsp3) is 0.182. The molecule has 4 rings (SSSR count). The molecule has 2 aromatic heterocycles. The largest absolute Gasteiger partial charge is 0.480 e. The third-order valence-corrected chi connectivity index (χ3v) is 4.55. The molecule has 0 fully saturated rings. The van der Waals surface area contributed by atoms with E-state index in [0.717, 1.165) is 22.2 Å². The number of ether oxygens (including phenoxy) is 1. The molecule has 0 aliphatic rings. The van der Waals surface area contributed by atoms with Crippen molar-refractivity contribution in [1.29, 1.82) is 0 Å². The third kappa shape index (κ3) is 3.94. The lowest BCUT2D eigenvalue weighted by atomic mass is 10.1. The van der Waals surface area contributed by atoms with Crippen LogP contribution >= 0.6 is 0 Å². The zero-order valence-corrected chi connectivity index (χ0v) is 16.5. The van der Waals surface area contributed by atoms with Crippen molar-refractivity contribution in [3.8, 4) is 11.6 Å². The number of hydrogen-bond donors (Lipinski definition) is 1. The van der Waals surface area contributed by atoms with E-state index in [2.05, 4.69) is 20.4 Å². The van der Waals surface area contributed by atoms with E-state index in [0.29, 0.717) is 17.4 Å². The van der Waals surface area contributed by atoms with E-state index in [1.807, 2.05) is 62.4 Å². The Morgan fingerprint density at radius 3 is 2.66 bits per heavy atom. The van der Waals surface area contributed by atoms with Gasteiger partial charge in [0.05, 0.1) is 5.69 Å². The summed E-state index contributed by atoms with van der Waals surface area (Å²) in [6.45, 7) is 5.57. The standard InChI is InChI=1S/C22H21N5O2/c1-14-11-15(2)27(26-14)21-12-20(23-13-24-21)25-22(28)16(3)29-19-10-6-8-17-7-4-5-9-18(17)19/h4-13,16H,1-3H3,(H,23,24,25,28). The molecule has 4 aromatic rings. The minimum absolute atomic E-state index is 0.295. The molecule has 146 valence electrons. The van der Waals surface area contributed by atoms with Crippen molar-refractivity contribution >= 4 is 22.5 Å². The van der Waals surface area contributed by atoms with Crippen LogP contribution in [-0.2, 0) is 4.79 Å². The summed E-state index contributed by atoms with van der Waals surface area (Å²) in [5.74, 6) is 1.34. The zero-order chi connectivity index (χ0) is 20.4. The summed E-state index contributed by atoms with van der Waals surface area (Å²) in [6, 6.07) is 17.3. The van der Waals surface area contributed by atoms with Crippen molar-refractivity contribution in [3.05, 3.63) is 72.3 Å². The van der Waals surface area contributed by atoms with Crippen molar-refractivity contribution < 1.29 is 9.53 Å². The number of fused-ring (bicyclic) bond motifs is 1. The highest BCUT2D eigenvalue weighted by Gasteiger charge is 2.17. The average Bonchev–Trinajstić information content (AvgIpc) is 3.06. The summed E-state index contributed by atoms with van der Waals surface area (Å²) in [5.41, 5.74) is 1.84. The van der Waals surface area contributed by atoms with E-state index in [1.54, 1.807) is 17.7 Å². The third-order valence-electron chi connectivity index (χ3n) is 4.55. The normalized spacial score (nSPS) is 12.0. The molecule has 1 unspecified atom stereocenters. The van der Waals surface area contributed by atoms with Gasteiger partial charge in [-0.3, -0.25) is 4.79 Å². The van der Waals surface area contributed by atoms with Gasteiger partial charge in [0.2, 0.25) is 0 Å². The molecular formula is C22H21N5O2. The maximum absolute atomic E-state index is 12.7. The number of rotatable bonds is 5. The first kappa shape index (κ1) is 18.6. The molecule has 0 saturated carbocycles. The molecule has 0 aliphatic carbocycles. The van der Waals surface area contributed by atoms with E-state index in [4.69, 9.17) is 4.74 Å². The summed E-state index contributed by atoms with van der Waals surface area (Å²) in [7, 11) is 0. The number of anilines is 1. The first-order chi connectivity index (χ1) is 14.0. The number of benzene rings is 2. The predicted octanol–water partition coefficient (Wildman–Crippen LogP) is 3.84. The number of amides is 1. The van der Waals surface area contributed by atoms with Gasteiger partial charge in [-0.15, -0.1) is 0 Å². The molecule has 1 N–H and O–H groups in total. The molecule has 0 spiro atoms. The van der Waals surface area contributed by atoms with Crippen molar-refractivity contribution in [3.63, 3.8) is 0 Å². The number of nitrogens with one attached hydrogen (secondary N) is 1. The minimum Gasteiger partial charge on any atom is -0.480 e. The summed E-state index contributed by atoms with van der Waals surface area (Å²) in [4.78, 5) is 21.0. The maximum Gasteiger partial charge on any atom is 0.266 e. The minimum atomic E-state index is -0.701. The monoisotopic (exact) mass is 387 g/mol. The van der Waals surface area contributed by atoms with Crippen LogP contribution in [0.4, 0.5) is 5.82 Å². The molecule has 1 amide bonds. The Labute approximate surface area is 168 Å². The number of carbonyl (C=O) groups is 1. The molecule has 29 heavy (non-hydrogen) atoms.